The molecule has 0 radical (unpaired) electrons. The topological polar surface area (TPSA) is 43.7 Å². The zero-order valence-electron chi connectivity index (χ0n) is 9.93. The molecule has 2 atom stereocenters. The molecule has 1 aliphatic heterocycles. The fourth-order valence-electron chi connectivity index (χ4n) is 2.36. The maximum atomic E-state index is 13.9. The summed E-state index contributed by atoms with van der Waals surface area (Å²) in [6.45, 7) is 2.44. The minimum Gasteiger partial charge on any atom is -0.394 e. The van der Waals surface area contributed by atoms with Crippen molar-refractivity contribution < 1.29 is 14.6 Å². The molecule has 0 bridgehead atoms. The SMILES string of the molecule is CC(O)c1ccc(N2CCCC2CO)c(F)c1. The summed E-state index contributed by atoms with van der Waals surface area (Å²) in [5, 5.41) is 18.6. The first-order valence-corrected chi connectivity index (χ1v) is 5.98. The van der Waals surface area contributed by atoms with Crippen LogP contribution in [-0.2, 0) is 0 Å². The van der Waals surface area contributed by atoms with Gasteiger partial charge in [0, 0.05) is 6.54 Å². The molecular formula is C13H18FNO2. The Labute approximate surface area is 100 Å². The molecular weight excluding hydrogens is 221 g/mol. The zero-order valence-corrected chi connectivity index (χ0v) is 9.93. The third-order valence-electron chi connectivity index (χ3n) is 3.35. The van der Waals surface area contributed by atoms with Gasteiger partial charge in [0.05, 0.1) is 24.4 Å². The number of hydrogen-bond acceptors (Lipinski definition) is 3. The fraction of sp³-hybridized carbons (Fsp3) is 0.538. The number of benzene rings is 1. The van der Waals surface area contributed by atoms with E-state index >= 15 is 0 Å². The fourth-order valence-corrected chi connectivity index (χ4v) is 2.36. The van der Waals surface area contributed by atoms with Crippen LogP contribution in [0.4, 0.5) is 10.1 Å². The highest BCUT2D eigenvalue weighted by Crippen LogP contribution is 2.29. The van der Waals surface area contributed by atoms with Crippen molar-refractivity contribution in [3.8, 4) is 0 Å². The molecule has 1 aliphatic rings. The number of hydrogen-bond donors (Lipinski definition) is 2. The highest BCUT2D eigenvalue weighted by atomic mass is 19.1. The van der Waals surface area contributed by atoms with Gasteiger partial charge < -0.3 is 15.1 Å². The Morgan fingerprint density at radius 1 is 1.53 bits per heavy atom. The van der Waals surface area contributed by atoms with Gasteiger partial charge in [0.15, 0.2) is 0 Å². The Hall–Kier alpha value is -1.13. The summed E-state index contributed by atoms with van der Waals surface area (Å²) in [6.07, 6.45) is 1.21. The summed E-state index contributed by atoms with van der Waals surface area (Å²) in [7, 11) is 0. The number of rotatable bonds is 3. The van der Waals surface area contributed by atoms with Crippen molar-refractivity contribution in [1.29, 1.82) is 0 Å². The van der Waals surface area contributed by atoms with E-state index in [1.54, 1.807) is 19.1 Å². The Balaban J connectivity index is 2.27. The van der Waals surface area contributed by atoms with Crippen LogP contribution in [0.3, 0.4) is 0 Å². The van der Waals surface area contributed by atoms with Crippen molar-refractivity contribution >= 4 is 5.69 Å². The maximum absolute atomic E-state index is 13.9. The van der Waals surface area contributed by atoms with E-state index in [9.17, 15) is 14.6 Å². The molecule has 4 heteroatoms. The molecule has 1 heterocycles. The van der Waals surface area contributed by atoms with Crippen LogP contribution in [0, 0.1) is 5.82 Å². The predicted octanol–water partition coefficient (Wildman–Crippen LogP) is 1.84. The molecule has 94 valence electrons. The van der Waals surface area contributed by atoms with E-state index in [1.807, 2.05) is 4.90 Å². The van der Waals surface area contributed by atoms with Crippen molar-refractivity contribution in [2.24, 2.45) is 0 Å². The molecule has 3 nitrogen and oxygen atoms in total. The molecule has 2 N–H and O–H groups in total. The van der Waals surface area contributed by atoms with E-state index in [0.29, 0.717) is 11.3 Å². The van der Waals surface area contributed by atoms with Gasteiger partial charge in [-0.2, -0.15) is 0 Å². The summed E-state index contributed by atoms with van der Waals surface area (Å²) in [5.74, 6) is -0.330. The first-order valence-electron chi connectivity index (χ1n) is 5.98. The van der Waals surface area contributed by atoms with Crippen LogP contribution < -0.4 is 4.90 Å². The lowest BCUT2D eigenvalue weighted by Crippen LogP contribution is -2.32. The van der Waals surface area contributed by atoms with Crippen molar-refractivity contribution in [1.82, 2.24) is 0 Å². The predicted molar refractivity (Wildman–Crippen MR) is 64.5 cm³/mol. The second-order valence-corrected chi connectivity index (χ2v) is 4.56. The van der Waals surface area contributed by atoms with Crippen LogP contribution in [0.1, 0.15) is 31.4 Å². The lowest BCUT2D eigenvalue weighted by Gasteiger charge is -2.26. The summed E-state index contributed by atoms with van der Waals surface area (Å²) < 4.78 is 13.9. The Morgan fingerprint density at radius 3 is 2.88 bits per heavy atom. The monoisotopic (exact) mass is 239 g/mol. The number of nitrogens with zero attached hydrogens (tertiary/aromatic N) is 1. The van der Waals surface area contributed by atoms with Crippen LogP contribution in [-0.4, -0.2) is 29.4 Å². The lowest BCUT2D eigenvalue weighted by molar-refractivity contribution is 0.199. The van der Waals surface area contributed by atoms with E-state index in [0.717, 1.165) is 19.4 Å². The molecule has 0 spiro atoms. The third-order valence-corrected chi connectivity index (χ3v) is 3.35. The Morgan fingerprint density at radius 2 is 2.29 bits per heavy atom. The highest BCUT2D eigenvalue weighted by molar-refractivity contribution is 5.51. The van der Waals surface area contributed by atoms with Gasteiger partial charge in [-0.1, -0.05) is 6.07 Å². The maximum Gasteiger partial charge on any atom is 0.146 e. The van der Waals surface area contributed by atoms with Gasteiger partial charge in [-0.3, -0.25) is 0 Å². The molecule has 1 saturated heterocycles. The Kier molecular flexibility index (Phi) is 3.64. The van der Waals surface area contributed by atoms with Crippen molar-refractivity contribution in [3.63, 3.8) is 0 Å². The molecule has 0 amide bonds. The summed E-state index contributed by atoms with van der Waals surface area (Å²) in [4.78, 5) is 1.90. The van der Waals surface area contributed by atoms with Crippen molar-refractivity contribution in [3.05, 3.63) is 29.6 Å². The van der Waals surface area contributed by atoms with Crippen LogP contribution in [0.5, 0.6) is 0 Å². The van der Waals surface area contributed by atoms with E-state index in [2.05, 4.69) is 0 Å². The highest BCUT2D eigenvalue weighted by Gasteiger charge is 2.26. The number of aliphatic hydroxyl groups is 2. The zero-order chi connectivity index (χ0) is 12.4. The van der Waals surface area contributed by atoms with Gasteiger partial charge in [-0.25, -0.2) is 4.39 Å². The summed E-state index contributed by atoms with van der Waals surface area (Å²) in [6, 6.07) is 4.80. The first-order chi connectivity index (χ1) is 8.13. The van der Waals surface area contributed by atoms with Gasteiger partial charge in [-0.15, -0.1) is 0 Å². The summed E-state index contributed by atoms with van der Waals surface area (Å²) in [5.41, 5.74) is 1.09. The molecule has 0 aliphatic carbocycles. The average molecular weight is 239 g/mol. The molecule has 17 heavy (non-hydrogen) atoms. The normalized spacial score (nSPS) is 21.9. The number of aliphatic hydroxyl groups excluding tert-OH is 2. The van der Waals surface area contributed by atoms with Crippen molar-refractivity contribution in [2.45, 2.75) is 31.9 Å². The minimum absolute atomic E-state index is 0.0156. The third kappa shape index (κ3) is 2.42. The van der Waals surface area contributed by atoms with Gasteiger partial charge in [0.2, 0.25) is 0 Å². The van der Waals surface area contributed by atoms with Crippen molar-refractivity contribution in [2.75, 3.05) is 18.1 Å². The Bertz CT molecular complexity index is 395. The molecule has 1 aromatic carbocycles. The second-order valence-electron chi connectivity index (χ2n) is 4.56. The minimum atomic E-state index is -0.661. The van der Waals surface area contributed by atoms with E-state index in [-0.39, 0.29) is 18.5 Å². The van der Waals surface area contributed by atoms with Crippen LogP contribution in [0.15, 0.2) is 18.2 Å². The number of halogens is 1. The van der Waals surface area contributed by atoms with Gasteiger partial charge in [-0.05, 0) is 37.5 Å². The quantitative estimate of drug-likeness (QED) is 0.846. The smallest absolute Gasteiger partial charge is 0.146 e. The lowest BCUT2D eigenvalue weighted by atomic mass is 10.1. The van der Waals surface area contributed by atoms with Crippen LogP contribution >= 0.6 is 0 Å². The number of anilines is 1. The summed E-state index contributed by atoms with van der Waals surface area (Å²) >= 11 is 0. The van der Waals surface area contributed by atoms with Gasteiger partial charge in [0.25, 0.3) is 0 Å². The molecule has 0 aromatic heterocycles. The average Bonchev–Trinajstić information content (AvgIpc) is 2.76. The first kappa shape index (κ1) is 12.3. The van der Waals surface area contributed by atoms with Crippen LogP contribution in [0.2, 0.25) is 0 Å². The molecule has 2 rings (SSSR count). The molecule has 1 aromatic rings. The van der Waals surface area contributed by atoms with E-state index in [4.69, 9.17) is 0 Å². The largest absolute Gasteiger partial charge is 0.394 e. The standard InChI is InChI=1S/C13H18FNO2/c1-9(17)10-4-5-13(12(14)7-10)15-6-2-3-11(15)8-16/h4-5,7,9,11,16-17H,2-3,6,8H2,1H3. The van der Waals surface area contributed by atoms with E-state index < -0.39 is 6.10 Å². The van der Waals surface area contributed by atoms with E-state index in [1.165, 1.54) is 6.07 Å². The van der Waals surface area contributed by atoms with Crippen LogP contribution in [0.25, 0.3) is 0 Å². The second kappa shape index (κ2) is 5.02. The molecule has 0 saturated carbocycles. The van der Waals surface area contributed by atoms with Gasteiger partial charge in [0.1, 0.15) is 5.82 Å². The molecule has 2 unspecified atom stereocenters. The van der Waals surface area contributed by atoms with Gasteiger partial charge >= 0.3 is 0 Å². The molecule has 1 fully saturated rings.